The first kappa shape index (κ1) is 17.4. The lowest BCUT2D eigenvalue weighted by molar-refractivity contribution is 0.474. The number of anilines is 2. The first-order valence-electron chi connectivity index (χ1n) is 7.32. The second-order valence-corrected chi connectivity index (χ2v) is 5.81. The molecule has 0 aromatic heterocycles. The number of phenols is 1. The van der Waals surface area contributed by atoms with Crippen LogP contribution in [0.4, 0.5) is 17.1 Å². The number of hydrogen-bond donors (Lipinski definition) is 2. The third kappa shape index (κ3) is 4.09. The summed E-state index contributed by atoms with van der Waals surface area (Å²) in [5.74, 6) is 0.172. The minimum Gasteiger partial charge on any atom is -0.507 e. The summed E-state index contributed by atoms with van der Waals surface area (Å²) in [4.78, 5) is 6.44. The summed E-state index contributed by atoms with van der Waals surface area (Å²) in [5, 5.41) is 10.9. The van der Waals surface area contributed by atoms with E-state index in [0.29, 0.717) is 27.0 Å². The van der Waals surface area contributed by atoms with Gasteiger partial charge in [-0.15, -0.1) is 0 Å². The van der Waals surface area contributed by atoms with Crippen LogP contribution < -0.4 is 10.6 Å². The summed E-state index contributed by atoms with van der Waals surface area (Å²) < 4.78 is 0. The van der Waals surface area contributed by atoms with Gasteiger partial charge in [0.1, 0.15) is 5.75 Å². The summed E-state index contributed by atoms with van der Waals surface area (Å²) in [6, 6.07) is 8.77. The van der Waals surface area contributed by atoms with Crippen LogP contribution in [0, 0.1) is 0 Å². The number of benzene rings is 2. The van der Waals surface area contributed by atoms with E-state index in [1.807, 2.05) is 12.1 Å². The molecule has 2 aromatic carbocycles. The van der Waals surface area contributed by atoms with Crippen LogP contribution >= 0.6 is 23.2 Å². The Labute approximate surface area is 146 Å². The molecule has 0 unspecified atom stereocenters. The predicted octanol–water partition coefficient (Wildman–Crippen LogP) is 4.88. The van der Waals surface area contributed by atoms with Gasteiger partial charge in [-0.3, -0.25) is 4.99 Å². The maximum atomic E-state index is 10.2. The SMILES string of the molecule is CCN(CC)c1ccc(/C=N/c2cc(Cl)c(N)c(Cl)c2)c(O)c1. The van der Waals surface area contributed by atoms with E-state index in [2.05, 4.69) is 23.7 Å². The van der Waals surface area contributed by atoms with Gasteiger partial charge in [0, 0.05) is 36.6 Å². The van der Waals surface area contributed by atoms with Crippen molar-refractivity contribution in [1.29, 1.82) is 0 Å². The molecule has 0 atom stereocenters. The van der Waals surface area contributed by atoms with Gasteiger partial charge in [0.2, 0.25) is 0 Å². The van der Waals surface area contributed by atoms with E-state index in [1.165, 1.54) is 0 Å². The number of aliphatic imine (C=N–C) groups is 1. The minimum atomic E-state index is 0.172. The molecule has 0 aliphatic carbocycles. The van der Waals surface area contributed by atoms with Gasteiger partial charge in [-0.2, -0.15) is 0 Å². The molecule has 0 radical (unpaired) electrons. The molecule has 6 heteroatoms. The standard InChI is InChI=1S/C17H19Cl2N3O/c1-3-22(4-2)13-6-5-11(16(23)9-13)10-21-12-7-14(18)17(20)15(19)8-12/h5-10,23H,3-4,20H2,1-2H3/b21-10+. The lowest BCUT2D eigenvalue weighted by Crippen LogP contribution is -2.21. The normalized spacial score (nSPS) is 11.1. The molecule has 0 heterocycles. The number of rotatable bonds is 5. The Balaban J connectivity index is 2.26. The summed E-state index contributed by atoms with van der Waals surface area (Å²) in [6.45, 7) is 5.91. The monoisotopic (exact) mass is 351 g/mol. The van der Waals surface area contributed by atoms with Crippen molar-refractivity contribution in [3.05, 3.63) is 45.9 Å². The fourth-order valence-electron chi connectivity index (χ4n) is 2.22. The molecule has 0 amide bonds. The average molecular weight is 352 g/mol. The van der Waals surface area contributed by atoms with Crippen molar-refractivity contribution in [2.45, 2.75) is 13.8 Å². The molecule has 2 aromatic rings. The van der Waals surface area contributed by atoms with E-state index in [-0.39, 0.29) is 5.75 Å². The summed E-state index contributed by atoms with van der Waals surface area (Å²) in [7, 11) is 0. The zero-order chi connectivity index (χ0) is 17.0. The summed E-state index contributed by atoms with van der Waals surface area (Å²) in [5.41, 5.74) is 8.19. The van der Waals surface area contributed by atoms with E-state index in [0.717, 1.165) is 18.8 Å². The van der Waals surface area contributed by atoms with Crippen LogP contribution in [0.1, 0.15) is 19.4 Å². The Morgan fingerprint density at radius 2 is 1.74 bits per heavy atom. The van der Waals surface area contributed by atoms with Gasteiger partial charge in [-0.1, -0.05) is 23.2 Å². The highest BCUT2D eigenvalue weighted by atomic mass is 35.5. The van der Waals surface area contributed by atoms with E-state index >= 15 is 0 Å². The van der Waals surface area contributed by atoms with E-state index < -0.39 is 0 Å². The lowest BCUT2D eigenvalue weighted by atomic mass is 10.2. The van der Waals surface area contributed by atoms with Crippen molar-refractivity contribution >= 4 is 46.5 Å². The fraction of sp³-hybridized carbons (Fsp3) is 0.235. The lowest BCUT2D eigenvalue weighted by Gasteiger charge is -2.21. The van der Waals surface area contributed by atoms with Crippen LogP contribution in [0.3, 0.4) is 0 Å². The van der Waals surface area contributed by atoms with Crippen LogP contribution in [0.25, 0.3) is 0 Å². The number of nitrogens with two attached hydrogens (primary N) is 1. The van der Waals surface area contributed by atoms with Crippen LogP contribution in [0.2, 0.25) is 10.0 Å². The minimum absolute atomic E-state index is 0.172. The Morgan fingerprint density at radius 1 is 1.13 bits per heavy atom. The summed E-state index contributed by atoms with van der Waals surface area (Å²) in [6.07, 6.45) is 1.57. The molecule has 3 N–H and O–H groups in total. The van der Waals surface area contributed by atoms with Crippen LogP contribution in [0.15, 0.2) is 35.3 Å². The Bertz CT molecular complexity index is 705. The quantitative estimate of drug-likeness (QED) is 0.596. The zero-order valence-electron chi connectivity index (χ0n) is 13.1. The Morgan fingerprint density at radius 3 is 2.26 bits per heavy atom. The molecular weight excluding hydrogens is 333 g/mol. The number of aromatic hydroxyl groups is 1. The molecule has 23 heavy (non-hydrogen) atoms. The van der Waals surface area contributed by atoms with Gasteiger partial charge in [0.05, 0.1) is 21.4 Å². The number of halogens is 2. The number of phenolic OH excluding ortho intramolecular Hbond substituents is 1. The van der Waals surface area contributed by atoms with Gasteiger partial charge in [0.25, 0.3) is 0 Å². The van der Waals surface area contributed by atoms with Gasteiger partial charge in [-0.05, 0) is 38.1 Å². The molecule has 4 nitrogen and oxygen atoms in total. The largest absolute Gasteiger partial charge is 0.507 e. The van der Waals surface area contributed by atoms with Crippen molar-refractivity contribution in [2.75, 3.05) is 23.7 Å². The molecule has 0 saturated carbocycles. The molecule has 0 spiro atoms. The number of nitrogens with zero attached hydrogens (tertiary/aromatic N) is 2. The fourth-order valence-corrected chi connectivity index (χ4v) is 2.69. The zero-order valence-corrected chi connectivity index (χ0v) is 14.6. The Kier molecular flexibility index (Phi) is 5.74. The Hall–Kier alpha value is -1.91. The smallest absolute Gasteiger partial charge is 0.126 e. The molecule has 0 fully saturated rings. The average Bonchev–Trinajstić information content (AvgIpc) is 2.53. The van der Waals surface area contributed by atoms with Gasteiger partial charge in [0.15, 0.2) is 0 Å². The first-order chi connectivity index (χ1) is 11.0. The highest BCUT2D eigenvalue weighted by Crippen LogP contribution is 2.32. The maximum Gasteiger partial charge on any atom is 0.126 e. The molecule has 122 valence electrons. The van der Waals surface area contributed by atoms with Crippen LogP contribution in [-0.4, -0.2) is 24.4 Å². The predicted molar refractivity (Wildman–Crippen MR) is 99.8 cm³/mol. The topological polar surface area (TPSA) is 61.8 Å². The molecule has 0 aliphatic rings. The second-order valence-electron chi connectivity index (χ2n) is 5.00. The maximum absolute atomic E-state index is 10.2. The van der Waals surface area contributed by atoms with Crippen molar-refractivity contribution < 1.29 is 5.11 Å². The highest BCUT2D eigenvalue weighted by Gasteiger charge is 2.07. The van der Waals surface area contributed by atoms with Crippen molar-refractivity contribution in [1.82, 2.24) is 0 Å². The van der Waals surface area contributed by atoms with Crippen molar-refractivity contribution in [3.63, 3.8) is 0 Å². The molecule has 2 rings (SSSR count). The van der Waals surface area contributed by atoms with E-state index in [1.54, 1.807) is 24.4 Å². The van der Waals surface area contributed by atoms with Crippen molar-refractivity contribution in [3.8, 4) is 5.75 Å². The number of hydrogen-bond acceptors (Lipinski definition) is 4. The van der Waals surface area contributed by atoms with E-state index in [9.17, 15) is 5.11 Å². The molecule has 0 saturated heterocycles. The second kappa shape index (κ2) is 7.57. The first-order valence-corrected chi connectivity index (χ1v) is 8.08. The molecule has 0 aliphatic heterocycles. The van der Waals surface area contributed by atoms with Gasteiger partial charge >= 0.3 is 0 Å². The molecule has 0 bridgehead atoms. The van der Waals surface area contributed by atoms with Crippen LogP contribution in [0.5, 0.6) is 5.75 Å². The van der Waals surface area contributed by atoms with E-state index in [4.69, 9.17) is 28.9 Å². The third-order valence-electron chi connectivity index (χ3n) is 3.56. The van der Waals surface area contributed by atoms with Crippen molar-refractivity contribution in [2.24, 2.45) is 4.99 Å². The molecular formula is C17H19Cl2N3O. The summed E-state index contributed by atoms with van der Waals surface area (Å²) >= 11 is 12.0. The van der Waals surface area contributed by atoms with Crippen LogP contribution in [-0.2, 0) is 0 Å². The van der Waals surface area contributed by atoms with Gasteiger partial charge in [-0.25, -0.2) is 0 Å². The highest BCUT2D eigenvalue weighted by molar-refractivity contribution is 6.39. The third-order valence-corrected chi connectivity index (χ3v) is 4.18. The number of nitrogen functional groups attached to an aromatic ring is 1. The van der Waals surface area contributed by atoms with Gasteiger partial charge < -0.3 is 15.7 Å².